The van der Waals surface area contributed by atoms with Gasteiger partial charge in [0.1, 0.15) is 5.75 Å². The minimum atomic E-state index is 0.373. The van der Waals surface area contributed by atoms with E-state index in [0.29, 0.717) is 5.75 Å². The van der Waals surface area contributed by atoms with Crippen LogP contribution in [0, 0.1) is 12.8 Å². The van der Waals surface area contributed by atoms with Gasteiger partial charge in [-0.05, 0) is 68.5 Å². The van der Waals surface area contributed by atoms with Gasteiger partial charge in [-0.25, -0.2) is 0 Å². The van der Waals surface area contributed by atoms with Gasteiger partial charge in [-0.1, -0.05) is 6.07 Å². The highest BCUT2D eigenvalue weighted by Crippen LogP contribution is 2.21. The van der Waals surface area contributed by atoms with Gasteiger partial charge >= 0.3 is 0 Å². The lowest BCUT2D eigenvalue weighted by Crippen LogP contribution is -2.30. The van der Waals surface area contributed by atoms with Gasteiger partial charge in [-0.15, -0.1) is 0 Å². The molecule has 0 aromatic heterocycles. The predicted molar refractivity (Wildman–Crippen MR) is 62.1 cm³/mol. The highest BCUT2D eigenvalue weighted by Gasteiger charge is 2.14. The Kier molecular flexibility index (Phi) is 3.27. The molecule has 15 heavy (non-hydrogen) atoms. The van der Waals surface area contributed by atoms with E-state index in [4.69, 9.17) is 0 Å². The van der Waals surface area contributed by atoms with Crippen LogP contribution in [0.3, 0.4) is 0 Å². The zero-order valence-corrected chi connectivity index (χ0v) is 9.29. The molecule has 0 amide bonds. The predicted octanol–water partition coefficient (Wildman–Crippen LogP) is 2.24. The molecule has 1 saturated heterocycles. The number of rotatable bonds is 2. The van der Waals surface area contributed by atoms with Crippen molar-refractivity contribution in [2.24, 2.45) is 5.92 Å². The van der Waals surface area contributed by atoms with Crippen LogP contribution >= 0.6 is 0 Å². The van der Waals surface area contributed by atoms with Crippen molar-refractivity contribution in [2.45, 2.75) is 26.2 Å². The molecule has 2 N–H and O–H groups in total. The van der Waals surface area contributed by atoms with E-state index in [1.54, 1.807) is 6.07 Å². The van der Waals surface area contributed by atoms with Crippen LogP contribution in [0.1, 0.15) is 24.0 Å². The summed E-state index contributed by atoms with van der Waals surface area (Å²) in [5.41, 5.74) is 2.59. The van der Waals surface area contributed by atoms with Crippen LogP contribution in [0.4, 0.5) is 0 Å². The zero-order chi connectivity index (χ0) is 10.7. The molecule has 1 aromatic rings. The molecular formula is C13H19NO. The van der Waals surface area contributed by atoms with Crippen LogP contribution < -0.4 is 5.32 Å². The topological polar surface area (TPSA) is 32.3 Å². The monoisotopic (exact) mass is 205 g/mol. The zero-order valence-electron chi connectivity index (χ0n) is 9.29. The van der Waals surface area contributed by atoms with Gasteiger partial charge in [0.15, 0.2) is 0 Å². The van der Waals surface area contributed by atoms with E-state index >= 15 is 0 Å². The Morgan fingerprint density at radius 2 is 2.33 bits per heavy atom. The van der Waals surface area contributed by atoms with E-state index in [2.05, 4.69) is 18.3 Å². The van der Waals surface area contributed by atoms with Gasteiger partial charge in [0.05, 0.1) is 0 Å². The third kappa shape index (κ3) is 2.72. The summed E-state index contributed by atoms with van der Waals surface area (Å²) >= 11 is 0. The Bertz CT molecular complexity index is 329. The summed E-state index contributed by atoms with van der Waals surface area (Å²) in [5.74, 6) is 1.14. The fraction of sp³-hybridized carbons (Fsp3) is 0.538. The van der Waals surface area contributed by atoms with Crippen LogP contribution in [0.2, 0.25) is 0 Å². The lowest BCUT2D eigenvalue weighted by Gasteiger charge is -2.23. The summed E-state index contributed by atoms with van der Waals surface area (Å²) in [6, 6.07) is 5.70. The number of hydrogen-bond donors (Lipinski definition) is 2. The number of benzene rings is 1. The first-order chi connectivity index (χ1) is 7.25. The van der Waals surface area contributed by atoms with Gasteiger partial charge in [0, 0.05) is 0 Å². The SMILES string of the molecule is Cc1cc(O)ccc1CC1CCCNC1. The number of phenolic OH excluding ortho intramolecular Hbond substituents is 1. The first-order valence-electron chi connectivity index (χ1n) is 5.75. The fourth-order valence-electron chi connectivity index (χ4n) is 2.32. The average Bonchev–Trinajstić information content (AvgIpc) is 2.24. The van der Waals surface area contributed by atoms with Crippen LogP contribution in [0.5, 0.6) is 5.75 Å². The summed E-state index contributed by atoms with van der Waals surface area (Å²) in [6.45, 7) is 4.39. The van der Waals surface area contributed by atoms with E-state index in [0.717, 1.165) is 18.9 Å². The quantitative estimate of drug-likeness (QED) is 0.776. The first kappa shape index (κ1) is 10.5. The Hall–Kier alpha value is -1.02. The van der Waals surface area contributed by atoms with Crippen LogP contribution in [-0.2, 0) is 6.42 Å². The fourth-order valence-corrected chi connectivity index (χ4v) is 2.32. The molecular weight excluding hydrogens is 186 g/mol. The van der Waals surface area contributed by atoms with Crippen LogP contribution in [-0.4, -0.2) is 18.2 Å². The van der Waals surface area contributed by atoms with E-state index in [1.165, 1.54) is 30.5 Å². The van der Waals surface area contributed by atoms with Gasteiger partial charge in [0.25, 0.3) is 0 Å². The number of aryl methyl sites for hydroxylation is 1. The highest BCUT2D eigenvalue weighted by molar-refractivity contribution is 5.34. The molecule has 2 heteroatoms. The summed E-state index contributed by atoms with van der Waals surface area (Å²) < 4.78 is 0. The second-order valence-electron chi connectivity index (χ2n) is 4.53. The normalized spacial score (nSPS) is 21.5. The molecule has 2 nitrogen and oxygen atoms in total. The average molecular weight is 205 g/mol. The summed E-state index contributed by atoms with van der Waals surface area (Å²) in [5, 5.41) is 12.8. The molecule has 0 spiro atoms. The van der Waals surface area contributed by atoms with Crippen LogP contribution in [0.15, 0.2) is 18.2 Å². The molecule has 1 heterocycles. The Labute approximate surface area is 91.3 Å². The summed E-state index contributed by atoms with van der Waals surface area (Å²) in [7, 11) is 0. The molecule has 1 fully saturated rings. The number of phenols is 1. The van der Waals surface area contributed by atoms with Crippen molar-refractivity contribution in [3.63, 3.8) is 0 Å². The Balaban J connectivity index is 2.03. The maximum Gasteiger partial charge on any atom is 0.115 e. The molecule has 1 aromatic carbocycles. The number of piperidine rings is 1. The number of aromatic hydroxyl groups is 1. The van der Waals surface area contributed by atoms with Crippen molar-refractivity contribution in [3.05, 3.63) is 29.3 Å². The van der Waals surface area contributed by atoms with Gasteiger partial charge in [0.2, 0.25) is 0 Å². The van der Waals surface area contributed by atoms with Gasteiger partial charge in [-0.2, -0.15) is 0 Å². The Morgan fingerprint density at radius 3 is 3.00 bits per heavy atom. The molecule has 0 saturated carbocycles. The molecule has 1 atom stereocenters. The lowest BCUT2D eigenvalue weighted by atomic mass is 9.90. The molecule has 0 aliphatic carbocycles. The van der Waals surface area contributed by atoms with Crippen molar-refractivity contribution < 1.29 is 5.11 Å². The molecule has 1 aliphatic rings. The van der Waals surface area contributed by atoms with Crippen molar-refractivity contribution in [1.29, 1.82) is 0 Å². The third-order valence-corrected chi connectivity index (χ3v) is 3.23. The van der Waals surface area contributed by atoms with Crippen LogP contribution in [0.25, 0.3) is 0 Å². The molecule has 1 aliphatic heterocycles. The van der Waals surface area contributed by atoms with Crippen molar-refractivity contribution in [1.82, 2.24) is 5.32 Å². The second kappa shape index (κ2) is 4.67. The Morgan fingerprint density at radius 1 is 1.47 bits per heavy atom. The molecule has 2 rings (SSSR count). The van der Waals surface area contributed by atoms with Crippen molar-refractivity contribution in [3.8, 4) is 5.75 Å². The number of nitrogens with one attached hydrogen (secondary N) is 1. The highest BCUT2D eigenvalue weighted by atomic mass is 16.3. The minimum Gasteiger partial charge on any atom is -0.508 e. The first-order valence-corrected chi connectivity index (χ1v) is 5.75. The summed E-state index contributed by atoms with van der Waals surface area (Å²) in [4.78, 5) is 0. The van der Waals surface area contributed by atoms with E-state index < -0.39 is 0 Å². The molecule has 0 radical (unpaired) electrons. The molecule has 82 valence electrons. The maximum atomic E-state index is 9.33. The molecule has 0 bridgehead atoms. The lowest BCUT2D eigenvalue weighted by molar-refractivity contribution is 0.375. The number of hydrogen-bond acceptors (Lipinski definition) is 2. The second-order valence-corrected chi connectivity index (χ2v) is 4.53. The smallest absolute Gasteiger partial charge is 0.115 e. The largest absolute Gasteiger partial charge is 0.508 e. The maximum absolute atomic E-state index is 9.33. The van der Waals surface area contributed by atoms with Crippen molar-refractivity contribution >= 4 is 0 Å². The van der Waals surface area contributed by atoms with Gasteiger partial charge in [-0.3, -0.25) is 0 Å². The third-order valence-electron chi connectivity index (χ3n) is 3.23. The van der Waals surface area contributed by atoms with E-state index in [1.807, 2.05) is 6.07 Å². The summed E-state index contributed by atoms with van der Waals surface area (Å²) in [6.07, 6.45) is 3.76. The van der Waals surface area contributed by atoms with Gasteiger partial charge < -0.3 is 10.4 Å². The minimum absolute atomic E-state index is 0.373. The molecule has 1 unspecified atom stereocenters. The standard InChI is InChI=1S/C13H19NO/c1-10-7-13(15)5-4-12(10)8-11-3-2-6-14-9-11/h4-5,7,11,14-15H,2-3,6,8-9H2,1H3. The van der Waals surface area contributed by atoms with E-state index in [-0.39, 0.29) is 0 Å². The van der Waals surface area contributed by atoms with E-state index in [9.17, 15) is 5.11 Å². The van der Waals surface area contributed by atoms with Crippen molar-refractivity contribution in [2.75, 3.05) is 13.1 Å².